The number of hydrogen-bond donors (Lipinski definition) is 0. The molecule has 2 saturated heterocycles. The first-order chi connectivity index (χ1) is 16.9. The van der Waals surface area contributed by atoms with Crippen molar-refractivity contribution >= 4 is 0 Å². The van der Waals surface area contributed by atoms with E-state index in [9.17, 15) is 0 Å². The van der Waals surface area contributed by atoms with Gasteiger partial charge in [-0.2, -0.15) is 0 Å². The first-order valence-electron chi connectivity index (χ1n) is 15.0. The number of allylic oxidation sites excluding steroid dienone is 6. The van der Waals surface area contributed by atoms with Crippen molar-refractivity contribution in [2.24, 2.45) is 23.7 Å². The van der Waals surface area contributed by atoms with E-state index in [1.54, 1.807) is 0 Å². The second-order valence-electron chi connectivity index (χ2n) is 11.7. The van der Waals surface area contributed by atoms with E-state index in [0.29, 0.717) is 0 Å². The zero-order valence-electron chi connectivity index (χ0n) is 22.0. The van der Waals surface area contributed by atoms with Crippen molar-refractivity contribution in [1.29, 1.82) is 0 Å². The minimum atomic E-state index is 0.919. The smallest absolute Gasteiger partial charge is 0.00162 e. The van der Waals surface area contributed by atoms with E-state index in [4.69, 9.17) is 0 Å². The Bertz CT molecular complexity index is 674. The van der Waals surface area contributed by atoms with Crippen LogP contribution in [0.25, 0.3) is 0 Å². The summed E-state index contributed by atoms with van der Waals surface area (Å²) in [5, 5.41) is 0. The number of piperidine rings is 2. The average molecular weight is 465 g/mol. The minimum absolute atomic E-state index is 0.919. The molecule has 2 unspecified atom stereocenters. The lowest BCUT2D eigenvalue weighted by Crippen LogP contribution is -2.49. The Morgan fingerprint density at radius 3 is 1.88 bits per heavy atom. The number of rotatable bonds is 0. The van der Waals surface area contributed by atoms with E-state index in [1.165, 1.54) is 129 Å². The summed E-state index contributed by atoms with van der Waals surface area (Å²) in [6, 6.07) is 0. The van der Waals surface area contributed by atoms with Crippen molar-refractivity contribution in [1.82, 2.24) is 9.80 Å². The van der Waals surface area contributed by atoms with Crippen molar-refractivity contribution in [2.45, 2.75) is 89.9 Å². The molecule has 0 radical (unpaired) electrons. The second-order valence-corrected chi connectivity index (χ2v) is 11.7. The zero-order valence-corrected chi connectivity index (χ0v) is 22.0. The van der Waals surface area contributed by atoms with Gasteiger partial charge in [0.1, 0.15) is 0 Å². The molecule has 0 aromatic carbocycles. The molecule has 6 atom stereocenters. The van der Waals surface area contributed by atoms with Gasteiger partial charge >= 0.3 is 0 Å². The highest BCUT2D eigenvalue weighted by Gasteiger charge is 2.38. The van der Waals surface area contributed by atoms with Gasteiger partial charge in [0.15, 0.2) is 0 Å². The normalized spacial score (nSPS) is 40.7. The van der Waals surface area contributed by atoms with Gasteiger partial charge in [-0.15, -0.1) is 0 Å². The molecule has 190 valence electrons. The lowest BCUT2D eigenvalue weighted by atomic mass is 9.69. The van der Waals surface area contributed by atoms with Crippen LogP contribution < -0.4 is 0 Å². The maximum atomic E-state index is 2.87. The first kappa shape index (κ1) is 26.0. The van der Waals surface area contributed by atoms with Crippen LogP contribution in [0.3, 0.4) is 0 Å². The fourth-order valence-electron chi connectivity index (χ4n) is 7.24. The van der Waals surface area contributed by atoms with Crippen LogP contribution in [0, 0.1) is 23.7 Å². The fraction of sp³-hybridized carbons (Fsp3) is 0.750. The van der Waals surface area contributed by atoms with E-state index < -0.39 is 0 Å². The lowest BCUT2D eigenvalue weighted by molar-refractivity contribution is 0.0203. The third-order valence-corrected chi connectivity index (χ3v) is 9.05. The minimum Gasteiger partial charge on any atom is -0.303 e. The monoisotopic (exact) mass is 464 g/mol. The highest BCUT2D eigenvalue weighted by atomic mass is 15.1. The van der Waals surface area contributed by atoms with Crippen molar-refractivity contribution in [3.05, 3.63) is 48.6 Å². The van der Waals surface area contributed by atoms with E-state index in [2.05, 4.69) is 58.4 Å². The number of nitrogens with zero attached hydrogens (tertiary/aromatic N) is 2. The van der Waals surface area contributed by atoms with Gasteiger partial charge in [0.2, 0.25) is 0 Å². The highest BCUT2D eigenvalue weighted by Crippen LogP contribution is 2.40. The van der Waals surface area contributed by atoms with Gasteiger partial charge in [-0.25, -0.2) is 0 Å². The molecule has 0 N–H and O–H groups in total. The Balaban J connectivity index is 1.49. The van der Waals surface area contributed by atoms with E-state index in [1.807, 2.05) is 0 Å². The average Bonchev–Trinajstić information content (AvgIpc) is 2.85. The molecule has 0 saturated carbocycles. The molecule has 5 aliphatic heterocycles. The van der Waals surface area contributed by atoms with Crippen molar-refractivity contribution in [3.8, 4) is 0 Å². The third-order valence-electron chi connectivity index (χ3n) is 9.05. The topological polar surface area (TPSA) is 6.48 Å². The quantitative estimate of drug-likeness (QED) is 0.361. The van der Waals surface area contributed by atoms with Gasteiger partial charge in [-0.3, -0.25) is 0 Å². The van der Waals surface area contributed by atoms with Crippen LogP contribution >= 0.6 is 0 Å². The largest absolute Gasteiger partial charge is 0.303 e. The molecule has 34 heavy (non-hydrogen) atoms. The molecular weight excluding hydrogens is 412 g/mol. The van der Waals surface area contributed by atoms with Gasteiger partial charge < -0.3 is 9.80 Å². The number of hydrogen-bond acceptors (Lipinski definition) is 2. The van der Waals surface area contributed by atoms with Gasteiger partial charge in [-0.1, -0.05) is 74.3 Å². The molecule has 2 heteroatoms. The molecule has 6 bridgehead atoms. The fourth-order valence-corrected chi connectivity index (χ4v) is 7.24. The highest BCUT2D eigenvalue weighted by molar-refractivity contribution is 5.03. The van der Waals surface area contributed by atoms with E-state index in [-0.39, 0.29) is 0 Å². The number of fused-ring (bicyclic) bond motifs is 9. The molecule has 0 aliphatic carbocycles. The van der Waals surface area contributed by atoms with Crippen molar-refractivity contribution in [2.75, 3.05) is 39.3 Å². The second kappa shape index (κ2) is 15.1. The van der Waals surface area contributed by atoms with Crippen LogP contribution in [-0.4, -0.2) is 49.1 Å². The van der Waals surface area contributed by atoms with Crippen molar-refractivity contribution < 1.29 is 0 Å². The molecule has 2 nitrogen and oxygen atoms in total. The summed E-state index contributed by atoms with van der Waals surface area (Å²) in [5.74, 6) is 3.74. The van der Waals surface area contributed by atoms with Crippen molar-refractivity contribution in [3.63, 3.8) is 0 Å². The zero-order chi connectivity index (χ0) is 23.3. The van der Waals surface area contributed by atoms with Crippen LogP contribution in [0.15, 0.2) is 48.6 Å². The van der Waals surface area contributed by atoms with Gasteiger partial charge in [0.25, 0.3) is 0 Å². The summed E-state index contributed by atoms with van der Waals surface area (Å²) in [5.41, 5.74) is 0. The molecule has 5 rings (SSSR count). The lowest BCUT2D eigenvalue weighted by Gasteiger charge is -2.47. The Morgan fingerprint density at radius 2 is 1.09 bits per heavy atom. The summed E-state index contributed by atoms with van der Waals surface area (Å²) in [7, 11) is 0. The molecule has 0 aromatic heterocycles. The van der Waals surface area contributed by atoms with E-state index >= 15 is 0 Å². The summed E-state index contributed by atoms with van der Waals surface area (Å²) >= 11 is 0. The van der Waals surface area contributed by atoms with E-state index in [0.717, 1.165) is 23.7 Å². The third kappa shape index (κ3) is 8.83. The van der Waals surface area contributed by atoms with Gasteiger partial charge in [-0.05, 0) is 94.4 Å². The molecule has 2 fully saturated rings. The molecular formula is C32H52N2. The molecule has 0 aromatic rings. The summed E-state index contributed by atoms with van der Waals surface area (Å²) in [6.07, 6.45) is 38.0. The standard InChI is InChI=1S/C32H52N2/c1-2-5-10-14-18-23-34-26-29-19-15-11-7-4-6-9-13-17-22-33-24-21-32(31(25-29)28-34)30(27-33)20-16-12-8-3-1/h2,4-6,9-10,13-14,29-32H,1,3,7-8,11-12,15-28H2/b5-2-,6-4-,13-9+,14-10-/t29-,30+,31+,32-/m0/s1. The molecule has 0 spiro atoms. The Hall–Kier alpha value is -1.12. The maximum Gasteiger partial charge on any atom is 0.00162 e. The summed E-state index contributed by atoms with van der Waals surface area (Å²) in [6.45, 7) is 7.93. The van der Waals surface area contributed by atoms with Crippen LogP contribution in [0.2, 0.25) is 0 Å². The molecule has 5 aliphatic rings. The predicted octanol–water partition coefficient (Wildman–Crippen LogP) is 7.80. The Labute approximate surface area is 211 Å². The predicted molar refractivity (Wildman–Crippen MR) is 148 cm³/mol. The molecule has 0 amide bonds. The SMILES string of the molecule is C1=C\CCCCCC[C@@H]2CN3CC/C=C/C=C\CCCC[C@H]4C[C@H](CN(CC\C=C/1)C4)[C@H]2CC3. The summed E-state index contributed by atoms with van der Waals surface area (Å²) < 4.78 is 0. The first-order valence-corrected chi connectivity index (χ1v) is 15.0. The van der Waals surface area contributed by atoms with Gasteiger partial charge in [0.05, 0.1) is 0 Å². The van der Waals surface area contributed by atoms with Crippen LogP contribution in [0.5, 0.6) is 0 Å². The van der Waals surface area contributed by atoms with Crippen LogP contribution in [0.4, 0.5) is 0 Å². The molecule has 5 heterocycles. The Morgan fingerprint density at radius 1 is 0.471 bits per heavy atom. The van der Waals surface area contributed by atoms with Gasteiger partial charge in [0, 0.05) is 32.7 Å². The summed E-state index contributed by atoms with van der Waals surface area (Å²) in [4.78, 5) is 5.68. The van der Waals surface area contributed by atoms with Crippen LogP contribution in [-0.2, 0) is 0 Å². The van der Waals surface area contributed by atoms with Crippen LogP contribution in [0.1, 0.15) is 89.9 Å². The maximum absolute atomic E-state index is 2.87. The Kier molecular flexibility index (Phi) is 11.5.